The molecule has 0 aliphatic heterocycles. The minimum absolute atomic E-state index is 0.143. The quantitative estimate of drug-likeness (QED) is 0.484. The van der Waals surface area contributed by atoms with Crippen LogP contribution in [0.2, 0.25) is 0 Å². The molecule has 0 aliphatic carbocycles. The van der Waals surface area contributed by atoms with Crippen LogP contribution < -0.4 is 10.8 Å². The van der Waals surface area contributed by atoms with Crippen molar-refractivity contribution in [2.75, 3.05) is 0 Å². The van der Waals surface area contributed by atoms with Crippen molar-refractivity contribution in [1.29, 1.82) is 0 Å². The van der Waals surface area contributed by atoms with Crippen LogP contribution >= 0.6 is 0 Å². The van der Waals surface area contributed by atoms with E-state index < -0.39 is 11.9 Å². The maximum atomic E-state index is 12.4. The molecule has 1 atom stereocenters. The number of hydrogen-bond donors (Lipinski definition) is 3. The first-order valence-electron chi connectivity index (χ1n) is 7.96. The van der Waals surface area contributed by atoms with Crippen molar-refractivity contribution in [2.24, 2.45) is 0 Å². The highest BCUT2D eigenvalue weighted by Crippen LogP contribution is 2.20. The van der Waals surface area contributed by atoms with Crippen LogP contribution in [0.3, 0.4) is 0 Å². The second-order valence-corrected chi connectivity index (χ2v) is 5.70. The summed E-state index contributed by atoms with van der Waals surface area (Å²) in [6, 6.07) is 18.0. The Balaban J connectivity index is 1.67. The van der Waals surface area contributed by atoms with E-state index >= 15 is 0 Å². The molecular weight excluding hydrogens is 334 g/mol. The van der Waals surface area contributed by atoms with Crippen LogP contribution in [-0.4, -0.2) is 22.2 Å². The van der Waals surface area contributed by atoms with Crippen LogP contribution in [0.15, 0.2) is 65.2 Å². The van der Waals surface area contributed by atoms with Gasteiger partial charge in [-0.15, -0.1) is 0 Å². The Morgan fingerprint density at radius 1 is 1.00 bits per heavy atom. The van der Waals surface area contributed by atoms with Crippen molar-refractivity contribution in [3.63, 3.8) is 0 Å². The third-order valence-electron chi connectivity index (χ3n) is 3.90. The fraction of sp³-hybridized carbons (Fsp3) is 0.105. The van der Waals surface area contributed by atoms with Gasteiger partial charge in [-0.1, -0.05) is 47.6 Å². The summed E-state index contributed by atoms with van der Waals surface area (Å²) in [6.07, 6.45) is 0. The molecule has 3 rings (SSSR count). The fourth-order valence-corrected chi connectivity index (χ4v) is 2.45. The van der Waals surface area contributed by atoms with Crippen LogP contribution in [0.1, 0.15) is 39.6 Å². The minimum Gasteiger partial charge on any atom is -0.351 e. The Hall–Kier alpha value is -3.45. The number of aromatic nitrogens is 1. The van der Waals surface area contributed by atoms with Gasteiger partial charge in [0.05, 0.1) is 6.04 Å². The molecule has 1 heterocycles. The van der Waals surface area contributed by atoms with Crippen molar-refractivity contribution in [3.8, 4) is 11.1 Å². The predicted molar refractivity (Wildman–Crippen MR) is 93.5 cm³/mol. The highest BCUT2D eigenvalue weighted by atomic mass is 16.5. The van der Waals surface area contributed by atoms with Crippen LogP contribution in [0.5, 0.6) is 0 Å². The fourth-order valence-electron chi connectivity index (χ4n) is 2.45. The summed E-state index contributed by atoms with van der Waals surface area (Å²) in [7, 11) is 0. The standard InChI is InChI=1S/C19H17N3O4/c1-12(16-11-17(26-22-16)19(24)21-25)20-18(23)15-9-7-14(8-10-15)13-5-3-2-4-6-13/h2-12,25H,1H3,(H,20,23)(H,21,24)/t12-/m1/s1. The summed E-state index contributed by atoms with van der Waals surface area (Å²) in [5, 5.41) is 15.1. The SMILES string of the molecule is C[C@@H](NC(=O)c1ccc(-c2ccccc2)cc1)c1cc(C(=O)NO)on1. The maximum absolute atomic E-state index is 12.4. The van der Waals surface area contributed by atoms with Gasteiger partial charge in [-0.3, -0.25) is 14.8 Å². The number of benzene rings is 2. The molecule has 132 valence electrons. The third-order valence-corrected chi connectivity index (χ3v) is 3.90. The van der Waals surface area contributed by atoms with Gasteiger partial charge < -0.3 is 9.84 Å². The van der Waals surface area contributed by atoms with Crippen LogP contribution in [0, 0.1) is 0 Å². The van der Waals surface area contributed by atoms with E-state index in [1.807, 2.05) is 42.5 Å². The van der Waals surface area contributed by atoms with E-state index in [1.54, 1.807) is 19.1 Å². The topological polar surface area (TPSA) is 104 Å². The van der Waals surface area contributed by atoms with Gasteiger partial charge in [0.25, 0.3) is 5.91 Å². The van der Waals surface area contributed by atoms with Gasteiger partial charge in [0.15, 0.2) is 0 Å². The average Bonchev–Trinajstić information content (AvgIpc) is 3.18. The lowest BCUT2D eigenvalue weighted by Crippen LogP contribution is -2.26. The van der Waals surface area contributed by atoms with Gasteiger partial charge in [-0.25, -0.2) is 5.48 Å². The molecule has 3 aromatic rings. The van der Waals surface area contributed by atoms with Gasteiger partial charge >= 0.3 is 5.91 Å². The van der Waals surface area contributed by atoms with Gasteiger partial charge in [-0.2, -0.15) is 0 Å². The normalized spacial score (nSPS) is 11.6. The number of carbonyl (C=O) groups excluding carboxylic acids is 2. The zero-order chi connectivity index (χ0) is 18.5. The molecule has 0 unspecified atom stereocenters. The summed E-state index contributed by atoms with van der Waals surface area (Å²) in [4.78, 5) is 23.6. The molecule has 0 bridgehead atoms. The number of rotatable bonds is 5. The molecule has 3 N–H and O–H groups in total. The van der Waals surface area contributed by atoms with E-state index in [-0.39, 0.29) is 11.7 Å². The highest BCUT2D eigenvalue weighted by Gasteiger charge is 2.18. The molecule has 7 heteroatoms. The van der Waals surface area contributed by atoms with E-state index in [0.29, 0.717) is 11.3 Å². The predicted octanol–water partition coefficient (Wildman–Crippen LogP) is 2.95. The van der Waals surface area contributed by atoms with Crippen molar-refractivity contribution in [2.45, 2.75) is 13.0 Å². The number of nitrogens with one attached hydrogen (secondary N) is 2. The first-order valence-corrected chi connectivity index (χ1v) is 7.96. The van der Waals surface area contributed by atoms with Gasteiger partial charge in [-0.05, 0) is 30.2 Å². The Bertz CT molecular complexity index is 904. The molecule has 1 aromatic heterocycles. The summed E-state index contributed by atoms with van der Waals surface area (Å²) >= 11 is 0. The zero-order valence-corrected chi connectivity index (χ0v) is 14.0. The molecule has 0 radical (unpaired) electrons. The summed E-state index contributed by atoms with van der Waals surface area (Å²) in [5.41, 5.74) is 4.43. The first kappa shape index (κ1) is 17.4. The molecule has 26 heavy (non-hydrogen) atoms. The second-order valence-electron chi connectivity index (χ2n) is 5.70. The molecule has 0 spiro atoms. The first-order chi connectivity index (χ1) is 12.6. The molecule has 0 saturated heterocycles. The van der Waals surface area contributed by atoms with Crippen molar-refractivity contribution >= 4 is 11.8 Å². The lowest BCUT2D eigenvalue weighted by atomic mass is 10.0. The molecule has 7 nitrogen and oxygen atoms in total. The lowest BCUT2D eigenvalue weighted by molar-refractivity contribution is 0.0666. The lowest BCUT2D eigenvalue weighted by Gasteiger charge is -2.11. The summed E-state index contributed by atoms with van der Waals surface area (Å²) < 4.78 is 4.82. The molecule has 0 fully saturated rings. The van der Waals surface area contributed by atoms with E-state index in [0.717, 1.165) is 11.1 Å². The Morgan fingerprint density at radius 2 is 1.65 bits per heavy atom. The smallest absolute Gasteiger partial charge is 0.313 e. The number of carbonyl (C=O) groups is 2. The third kappa shape index (κ3) is 3.79. The number of nitrogens with zero attached hydrogens (tertiary/aromatic N) is 1. The molecular formula is C19H17N3O4. The minimum atomic E-state index is -0.807. The van der Waals surface area contributed by atoms with Gasteiger partial charge in [0.2, 0.25) is 5.76 Å². The number of hydroxylamine groups is 1. The van der Waals surface area contributed by atoms with Gasteiger partial charge in [0, 0.05) is 11.6 Å². The van der Waals surface area contributed by atoms with E-state index in [4.69, 9.17) is 9.73 Å². The van der Waals surface area contributed by atoms with Crippen LogP contribution in [-0.2, 0) is 0 Å². The molecule has 2 amide bonds. The van der Waals surface area contributed by atoms with Crippen molar-refractivity contribution < 1.29 is 19.3 Å². The zero-order valence-electron chi connectivity index (χ0n) is 14.0. The van der Waals surface area contributed by atoms with E-state index in [2.05, 4.69) is 10.5 Å². The number of hydrogen-bond acceptors (Lipinski definition) is 5. The Morgan fingerprint density at radius 3 is 2.31 bits per heavy atom. The van der Waals surface area contributed by atoms with Gasteiger partial charge in [0.1, 0.15) is 5.69 Å². The molecule has 2 aromatic carbocycles. The molecule has 0 saturated carbocycles. The number of amides is 2. The second kappa shape index (κ2) is 7.62. The van der Waals surface area contributed by atoms with Crippen molar-refractivity contribution in [1.82, 2.24) is 16.0 Å². The highest BCUT2D eigenvalue weighted by molar-refractivity contribution is 5.95. The van der Waals surface area contributed by atoms with Crippen LogP contribution in [0.25, 0.3) is 11.1 Å². The Labute approximate surface area is 149 Å². The summed E-state index contributed by atoms with van der Waals surface area (Å²) in [5.74, 6) is -1.22. The van der Waals surface area contributed by atoms with Crippen LogP contribution in [0.4, 0.5) is 0 Å². The molecule has 0 aliphatic rings. The average molecular weight is 351 g/mol. The van der Waals surface area contributed by atoms with E-state index in [1.165, 1.54) is 11.5 Å². The summed E-state index contributed by atoms with van der Waals surface area (Å²) in [6.45, 7) is 1.72. The maximum Gasteiger partial charge on any atom is 0.313 e. The monoisotopic (exact) mass is 351 g/mol. The van der Waals surface area contributed by atoms with E-state index in [9.17, 15) is 9.59 Å². The Kier molecular flexibility index (Phi) is 5.09. The van der Waals surface area contributed by atoms with Crippen molar-refractivity contribution in [3.05, 3.63) is 77.7 Å². The largest absolute Gasteiger partial charge is 0.351 e.